The number of amides is 2. The van der Waals surface area contributed by atoms with Crippen molar-refractivity contribution in [2.75, 3.05) is 11.9 Å². The molecule has 112 valence electrons. The number of oxime groups is 1. The van der Waals surface area contributed by atoms with Crippen molar-refractivity contribution in [1.29, 1.82) is 0 Å². The summed E-state index contributed by atoms with van der Waals surface area (Å²) in [5.41, 5.74) is 0.904. The van der Waals surface area contributed by atoms with Crippen molar-refractivity contribution in [3.8, 4) is 0 Å². The van der Waals surface area contributed by atoms with Crippen LogP contribution in [0.25, 0.3) is 0 Å². The molecule has 2 amide bonds. The van der Waals surface area contributed by atoms with E-state index in [0.717, 1.165) is 0 Å². The maximum atomic E-state index is 12.0. The molecule has 1 aliphatic heterocycles. The van der Waals surface area contributed by atoms with Gasteiger partial charge in [-0.15, -0.1) is 0 Å². The molecule has 6 heteroatoms. The molecule has 0 aliphatic carbocycles. The maximum Gasteiger partial charge on any atom is 0.273 e. The highest BCUT2D eigenvalue weighted by Gasteiger charge is 2.31. The summed E-state index contributed by atoms with van der Waals surface area (Å²) in [5, 5.41) is 9.18. The topological polar surface area (TPSA) is 79.8 Å². The van der Waals surface area contributed by atoms with Crippen LogP contribution >= 0.6 is 0 Å². The molecule has 2 N–H and O–H groups in total. The van der Waals surface area contributed by atoms with Gasteiger partial charge in [0.15, 0.2) is 0 Å². The first-order chi connectivity index (χ1) is 10.1. The molecule has 1 heterocycles. The number of para-hydroxylation sites is 1. The molecule has 1 unspecified atom stereocenters. The minimum absolute atomic E-state index is 0.183. The molecular weight excluding hydrogens is 270 g/mol. The number of benzene rings is 1. The molecule has 0 saturated carbocycles. The third kappa shape index (κ3) is 4.30. The highest BCUT2D eigenvalue weighted by atomic mass is 16.6. The van der Waals surface area contributed by atoms with Crippen LogP contribution in [-0.4, -0.2) is 30.2 Å². The monoisotopic (exact) mass is 289 g/mol. The Bertz CT molecular complexity index is 540. The van der Waals surface area contributed by atoms with E-state index < -0.39 is 6.10 Å². The van der Waals surface area contributed by atoms with Gasteiger partial charge in [-0.3, -0.25) is 9.59 Å². The van der Waals surface area contributed by atoms with Gasteiger partial charge in [0.1, 0.15) is 5.71 Å². The third-order valence-electron chi connectivity index (χ3n) is 2.94. The number of hydrogen-bond acceptors (Lipinski definition) is 4. The molecule has 0 radical (unpaired) electrons. The molecule has 0 aromatic heterocycles. The van der Waals surface area contributed by atoms with E-state index in [1.165, 1.54) is 0 Å². The number of nitrogens with one attached hydrogen (secondary N) is 2. The quantitative estimate of drug-likeness (QED) is 0.863. The summed E-state index contributed by atoms with van der Waals surface area (Å²) in [7, 11) is 0. The van der Waals surface area contributed by atoms with E-state index in [-0.39, 0.29) is 23.9 Å². The van der Waals surface area contributed by atoms with Crippen molar-refractivity contribution in [3.05, 3.63) is 30.3 Å². The van der Waals surface area contributed by atoms with E-state index in [1.54, 1.807) is 12.1 Å². The van der Waals surface area contributed by atoms with Gasteiger partial charge in [0, 0.05) is 18.7 Å². The molecule has 1 aromatic rings. The van der Waals surface area contributed by atoms with Crippen LogP contribution in [0.1, 0.15) is 20.3 Å². The lowest BCUT2D eigenvalue weighted by Crippen LogP contribution is -2.37. The molecule has 2 rings (SSSR count). The summed E-state index contributed by atoms with van der Waals surface area (Å²) < 4.78 is 0. The zero-order valence-corrected chi connectivity index (χ0v) is 12.1. The second-order valence-electron chi connectivity index (χ2n) is 5.30. The second kappa shape index (κ2) is 6.88. The minimum Gasteiger partial charge on any atom is -0.382 e. The standard InChI is InChI=1S/C15H19N3O3/c1-10(2)9-16-15(20)13-8-12(18-21-13)14(19)17-11-6-4-3-5-7-11/h3-7,10,13H,8-9H2,1-2H3,(H,16,20)(H,17,19). The summed E-state index contributed by atoms with van der Waals surface area (Å²) >= 11 is 0. The second-order valence-corrected chi connectivity index (χ2v) is 5.30. The fraction of sp³-hybridized carbons (Fsp3) is 0.400. The summed E-state index contributed by atoms with van der Waals surface area (Å²) in [6.07, 6.45) is -0.539. The Kier molecular flexibility index (Phi) is 4.92. The van der Waals surface area contributed by atoms with Crippen LogP contribution in [0, 0.1) is 5.92 Å². The Morgan fingerprint density at radius 1 is 1.33 bits per heavy atom. The van der Waals surface area contributed by atoms with Crippen LogP contribution in [0.3, 0.4) is 0 Å². The largest absolute Gasteiger partial charge is 0.382 e. The van der Waals surface area contributed by atoms with Crippen LogP contribution in [-0.2, 0) is 14.4 Å². The van der Waals surface area contributed by atoms with Crippen LogP contribution in [0.4, 0.5) is 5.69 Å². The molecule has 0 spiro atoms. The zero-order valence-electron chi connectivity index (χ0n) is 12.1. The van der Waals surface area contributed by atoms with Crippen molar-refractivity contribution in [2.24, 2.45) is 11.1 Å². The Morgan fingerprint density at radius 2 is 2.05 bits per heavy atom. The molecule has 21 heavy (non-hydrogen) atoms. The first kappa shape index (κ1) is 15.0. The third-order valence-corrected chi connectivity index (χ3v) is 2.94. The van der Waals surface area contributed by atoms with E-state index in [2.05, 4.69) is 15.8 Å². The number of rotatable bonds is 5. The smallest absolute Gasteiger partial charge is 0.273 e. The molecule has 0 fully saturated rings. The summed E-state index contributed by atoms with van der Waals surface area (Å²) in [6.45, 7) is 4.58. The number of anilines is 1. The maximum absolute atomic E-state index is 12.0. The van der Waals surface area contributed by atoms with Crippen LogP contribution in [0.2, 0.25) is 0 Å². The summed E-state index contributed by atoms with van der Waals surface area (Å²) in [5.74, 6) is -0.229. The number of hydrogen-bond donors (Lipinski definition) is 2. The van der Waals surface area contributed by atoms with Gasteiger partial charge in [0.25, 0.3) is 11.8 Å². The fourth-order valence-electron chi connectivity index (χ4n) is 1.80. The normalized spacial score (nSPS) is 17.1. The molecule has 6 nitrogen and oxygen atoms in total. The number of nitrogens with zero attached hydrogens (tertiary/aromatic N) is 1. The molecule has 0 bridgehead atoms. The van der Waals surface area contributed by atoms with Gasteiger partial charge in [0.2, 0.25) is 6.10 Å². The molecular formula is C15H19N3O3. The lowest BCUT2D eigenvalue weighted by Gasteiger charge is -2.10. The molecule has 0 saturated heterocycles. The first-order valence-electron chi connectivity index (χ1n) is 6.93. The van der Waals surface area contributed by atoms with Crippen LogP contribution in [0.5, 0.6) is 0 Å². The van der Waals surface area contributed by atoms with Gasteiger partial charge in [-0.2, -0.15) is 0 Å². The van der Waals surface area contributed by atoms with Gasteiger partial charge < -0.3 is 15.5 Å². The molecule has 1 aromatic carbocycles. The molecule has 1 aliphatic rings. The number of carbonyl (C=O) groups excluding carboxylic acids is 2. The van der Waals surface area contributed by atoms with E-state index in [4.69, 9.17) is 4.84 Å². The van der Waals surface area contributed by atoms with Crippen molar-refractivity contribution in [3.63, 3.8) is 0 Å². The predicted molar refractivity (Wildman–Crippen MR) is 79.8 cm³/mol. The van der Waals surface area contributed by atoms with E-state index in [0.29, 0.717) is 18.2 Å². The van der Waals surface area contributed by atoms with E-state index >= 15 is 0 Å². The Labute approximate surface area is 123 Å². The highest BCUT2D eigenvalue weighted by molar-refractivity contribution is 6.43. The zero-order chi connectivity index (χ0) is 15.2. The Morgan fingerprint density at radius 3 is 2.71 bits per heavy atom. The Balaban J connectivity index is 1.84. The van der Waals surface area contributed by atoms with E-state index in [9.17, 15) is 9.59 Å². The van der Waals surface area contributed by atoms with Gasteiger partial charge in [-0.05, 0) is 18.1 Å². The number of carbonyl (C=O) groups is 2. The van der Waals surface area contributed by atoms with Crippen molar-refractivity contribution < 1.29 is 14.4 Å². The summed E-state index contributed by atoms with van der Waals surface area (Å²) in [4.78, 5) is 28.9. The average Bonchev–Trinajstić information content (AvgIpc) is 2.95. The van der Waals surface area contributed by atoms with Crippen LogP contribution < -0.4 is 10.6 Å². The van der Waals surface area contributed by atoms with Crippen molar-refractivity contribution in [1.82, 2.24) is 5.32 Å². The van der Waals surface area contributed by atoms with Gasteiger partial charge in [-0.1, -0.05) is 37.2 Å². The SMILES string of the molecule is CC(C)CNC(=O)C1CC(C(=O)Nc2ccccc2)=NO1. The Hall–Kier alpha value is -2.37. The van der Waals surface area contributed by atoms with E-state index in [1.807, 2.05) is 32.0 Å². The van der Waals surface area contributed by atoms with Crippen LogP contribution in [0.15, 0.2) is 35.5 Å². The highest BCUT2D eigenvalue weighted by Crippen LogP contribution is 2.13. The van der Waals surface area contributed by atoms with Gasteiger partial charge in [-0.25, -0.2) is 0 Å². The molecule has 1 atom stereocenters. The van der Waals surface area contributed by atoms with Gasteiger partial charge in [0.05, 0.1) is 0 Å². The summed E-state index contributed by atoms with van der Waals surface area (Å²) in [6, 6.07) is 9.07. The average molecular weight is 289 g/mol. The van der Waals surface area contributed by atoms with Gasteiger partial charge >= 0.3 is 0 Å². The lowest BCUT2D eigenvalue weighted by molar-refractivity contribution is -0.131. The predicted octanol–water partition coefficient (Wildman–Crippen LogP) is 1.54. The minimum atomic E-state index is -0.722. The first-order valence-corrected chi connectivity index (χ1v) is 6.93. The lowest BCUT2D eigenvalue weighted by atomic mass is 10.1. The fourth-order valence-corrected chi connectivity index (χ4v) is 1.80. The van der Waals surface area contributed by atoms with Crippen molar-refractivity contribution >= 4 is 23.2 Å². The van der Waals surface area contributed by atoms with Crippen molar-refractivity contribution in [2.45, 2.75) is 26.4 Å².